The number of anilines is 2. The molecule has 1 saturated carbocycles. The van der Waals surface area contributed by atoms with Crippen molar-refractivity contribution in [3.05, 3.63) is 36.2 Å². The van der Waals surface area contributed by atoms with E-state index in [1.54, 1.807) is 37.4 Å². The lowest BCUT2D eigenvalue weighted by atomic mass is 9.84. The Morgan fingerprint density at radius 3 is 2.43 bits per heavy atom. The average molecular weight is 594 g/mol. The molecule has 1 unspecified atom stereocenters. The molecule has 42 heavy (non-hydrogen) atoms. The third kappa shape index (κ3) is 7.12. The number of fused-ring (bicyclic) bond motifs is 1. The molecule has 0 amide bonds. The van der Waals surface area contributed by atoms with Crippen molar-refractivity contribution in [3.63, 3.8) is 0 Å². The van der Waals surface area contributed by atoms with Gasteiger partial charge in [-0.2, -0.15) is 9.97 Å². The van der Waals surface area contributed by atoms with Gasteiger partial charge in [-0.3, -0.25) is 9.47 Å². The van der Waals surface area contributed by atoms with Crippen LogP contribution < -0.4 is 10.2 Å². The number of imidazole rings is 1. The summed E-state index contributed by atoms with van der Waals surface area (Å²) in [6.07, 6.45) is -1.82. The van der Waals surface area contributed by atoms with E-state index in [-0.39, 0.29) is 24.5 Å². The molecular formula is C29H39F4N7O2. The summed E-state index contributed by atoms with van der Waals surface area (Å²) in [5.74, 6) is 1.22. The first-order valence-electron chi connectivity index (χ1n) is 14.6. The lowest BCUT2D eigenvalue weighted by molar-refractivity contribution is 0.00310. The number of rotatable bonds is 12. The van der Waals surface area contributed by atoms with Crippen LogP contribution in [-0.2, 0) is 9.47 Å². The number of ether oxygens (including phenoxy) is 2. The van der Waals surface area contributed by atoms with Gasteiger partial charge in [-0.1, -0.05) is 12.1 Å². The van der Waals surface area contributed by atoms with Crippen LogP contribution in [0.25, 0.3) is 16.9 Å². The first-order chi connectivity index (χ1) is 20.3. The summed E-state index contributed by atoms with van der Waals surface area (Å²) >= 11 is 0. The number of alkyl halides is 4. The summed E-state index contributed by atoms with van der Waals surface area (Å²) in [6.45, 7) is 5.03. The summed E-state index contributed by atoms with van der Waals surface area (Å²) in [5.41, 5.74) is 1.01. The van der Waals surface area contributed by atoms with Crippen molar-refractivity contribution in [1.29, 1.82) is 0 Å². The average Bonchev–Trinajstić information content (AvgIpc) is 3.40. The van der Waals surface area contributed by atoms with Gasteiger partial charge in [0.1, 0.15) is 11.6 Å². The van der Waals surface area contributed by atoms with Gasteiger partial charge in [-0.15, -0.1) is 0 Å². The zero-order valence-electron chi connectivity index (χ0n) is 24.1. The molecule has 1 aliphatic heterocycles. The zero-order chi connectivity index (χ0) is 29.6. The van der Waals surface area contributed by atoms with E-state index >= 15 is 0 Å². The Morgan fingerprint density at radius 2 is 1.74 bits per heavy atom. The van der Waals surface area contributed by atoms with Crippen LogP contribution in [0.5, 0.6) is 0 Å². The highest BCUT2D eigenvalue weighted by Crippen LogP contribution is 2.31. The normalized spacial score (nSPS) is 20.6. The van der Waals surface area contributed by atoms with Gasteiger partial charge in [-0.25, -0.2) is 22.5 Å². The second kappa shape index (κ2) is 14.0. The molecule has 9 nitrogen and oxygen atoms in total. The van der Waals surface area contributed by atoms with Crippen molar-refractivity contribution in [1.82, 2.24) is 24.4 Å². The van der Waals surface area contributed by atoms with Crippen LogP contribution in [0, 0.1) is 5.92 Å². The number of halogens is 4. The Bertz CT molecular complexity index is 1300. The Hall–Kier alpha value is -3.03. The minimum atomic E-state index is -2.79. The Balaban J connectivity index is 1.34. The van der Waals surface area contributed by atoms with Crippen LogP contribution in [0.1, 0.15) is 44.9 Å². The number of methoxy groups -OCH3 is 1. The lowest BCUT2D eigenvalue weighted by Gasteiger charge is -2.40. The van der Waals surface area contributed by atoms with Crippen molar-refractivity contribution in [2.75, 3.05) is 63.3 Å². The van der Waals surface area contributed by atoms with Gasteiger partial charge in [0.25, 0.3) is 12.9 Å². The van der Waals surface area contributed by atoms with Crippen LogP contribution in [0.2, 0.25) is 0 Å². The van der Waals surface area contributed by atoms with Gasteiger partial charge in [0, 0.05) is 44.9 Å². The second-order valence-electron chi connectivity index (χ2n) is 11.0. The predicted octanol–water partition coefficient (Wildman–Crippen LogP) is 5.16. The molecule has 0 radical (unpaired) electrons. The van der Waals surface area contributed by atoms with Gasteiger partial charge in [0.05, 0.1) is 37.4 Å². The quantitative estimate of drug-likeness (QED) is 0.289. The van der Waals surface area contributed by atoms with Gasteiger partial charge in [0.2, 0.25) is 5.95 Å². The molecule has 3 aromatic rings. The fraction of sp³-hybridized carbons (Fsp3) is 0.621. The summed E-state index contributed by atoms with van der Waals surface area (Å²) in [4.78, 5) is 17.5. The molecule has 2 fully saturated rings. The summed E-state index contributed by atoms with van der Waals surface area (Å²) in [5, 5.41) is 3.36. The van der Waals surface area contributed by atoms with E-state index in [1.165, 1.54) is 4.57 Å². The third-order valence-electron chi connectivity index (χ3n) is 8.20. The molecule has 5 rings (SSSR count). The van der Waals surface area contributed by atoms with Gasteiger partial charge < -0.3 is 19.7 Å². The lowest BCUT2D eigenvalue weighted by Crippen LogP contribution is -2.48. The zero-order valence-corrected chi connectivity index (χ0v) is 24.1. The van der Waals surface area contributed by atoms with Gasteiger partial charge >= 0.3 is 0 Å². The fourth-order valence-electron chi connectivity index (χ4n) is 6.10. The minimum absolute atomic E-state index is 0.0789. The van der Waals surface area contributed by atoms with Crippen LogP contribution in [0.3, 0.4) is 0 Å². The number of para-hydroxylation sites is 2. The maximum absolute atomic E-state index is 14.1. The number of morpholine rings is 1. The standard InChI is InChI=1S/C29H39F4N7O2/c1-19(18-41-2)39(17-24(30)31)21-9-7-20(8-10-21)16-34-29-36-25(38-11-13-42-14-12-38)15-26(37-29)40-23-6-4-3-5-22(23)35-28(40)27(32)33/h3-6,15,19-21,24,27H,7-14,16-18H2,1-2H3,(H,34,36,37)/t19?,20-,21-. The largest absolute Gasteiger partial charge is 0.383 e. The van der Waals surface area contributed by atoms with E-state index in [0.29, 0.717) is 74.0 Å². The monoisotopic (exact) mass is 593 g/mol. The number of hydrogen-bond acceptors (Lipinski definition) is 8. The number of benzene rings is 1. The molecule has 1 aliphatic carbocycles. The third-order valence-corrected chi connectivity index (χ3v) is 8.20. The van der Waals surface area contributed by atoms with Gasteiger partial charge in [0.15, 0.2) is 5.82 Å². The van der Waals surface area contributed by atoms with E-state index in [0.717, 1.165) is 25.7 Å². The van der Waals surface area contributed by atoms with Crippen LogP contribution in [0.4, 0.5) is 29.3 Å². The van der Waals surface area contributed by atoms with Crippen molar-refractivity contribution < 1.29 is 27.0 Å². The van der Waals surface area contributed by atoms with Gasteiger partial charge in [-0.05, 0) is 50.7 Å². The van der Waals surface area contributed by atoms with Crippen molar-refractivity contribution in [3.8, 4) is 5.82 Å². The Labute approximate surface area is 243 Å². The molecule has 2 aromatic heterocycles. The van der Waals surface area contributed by atoms with Crippen molar-refractivity contribution >= 4 is 22.8 Å². The first kappa shape index (κ1) is 30.4. The second-order valence-corrected chi connectivity index (χ2v) is 11.0. The number of hydrogen-bond donors (Lipinski definition) is 1. The smallest absolute Gasteiger partial charge is 0.296 e. The maximum atomic E-state index is 14.1. The number of aromatic nitrogens is 4. The molecule has 0 spiro atoms. The van der Waals surface area contributed by atoms with E-state index in [1.807, 2.05) is 11.8 Å². The topological polar surface area (TPSA) is 80.6 Å². The Morgan fingerprint density at radius 1 is 1.02 bits per heavy atom. The molecular weight excluding hydrogens is 554 g/mol. The molecule has 0 bridgehead atoms. The van der Waals surface area contributed by atoms with Crippen molar-refractivity contribution in [2.24, 2.45) is 5.92 Å². The predicted molar refractivity (Wildman–Crippen MR) is 153 cm³/mol. The van der Waals surface area contributed by atoms with Crippen LogP contribution >= 0.6 is 0 Å². The van der Waals surface area contributed by atoms with Crippen LogP contribution in [0.15, 0.2) is 30.3 Å². The van der Waals surface area contributed by atoms with E-state index in [2.05, 4.69) is 20.2 Å². The SMILES string of the molecule is COCC(C)N(CC(F)F)[C@H]1CC[C@H](CNc2nc(N3CCOCC3)cc(-n3c(C(F)F)nc4ccccc43)n2)CC1. The highest BCUT2D eigenvalue weighted by Gasteiger charge is 2.31. The molecule has 230 valence electrons. The Kier molecular flexibility index (Phi) is 10.1. The summed E-state index contributed by atoms with van der Waals surface area (Å²) in [6, 6.07) is 8.72. The molecule has 1 N–H and O–H groups in total. The fourth-order valence-corrected chi connectivity index (χ4v) is 6.10. The minimum Gasteiger partial charge on any atom is -0.383 e. The molecule has 2 aliphatic rings. The summed E-state index contributed by atoms with van der Waals surface area (Å²) < 4.78 is 67.0. The van der Waals surface area contributed by atoms with E-state index < -0.39 is 12.9 Å². The number of nitrogens with one attached hydrogen (secondary N) is 1. The van der Waals surface area contributed by atoms with E-state index in [9.17, 15) is 17.6 Å². The molecule has 1 saturated heterocycles. The molecule has 13 heteroatoms. The first-order valence-corrected chi connectivity index (χ1v) is 14.6. The maximum Gasteiger partial charge on any atom is 0.296 e. The van der Waals surface area contributed by atoms with Crippen molar-refractivity contribution in [2.45, 2.75) is 57.5 Å². The molecule has 1 aromatic carbocycles. The molecule has 1 atom stereocenters. The number of nitrogens with zero attached hydrogens (tertiary/aromatic N) is 6. The highest BCUT2D eigenvalue weighted by molar-refractivity contribution is 5.78. The highest BCUT2D eigenvalue weighted by atomic mass is 19.3. The molecule has 3 heterocycles. The van der Waals surface area contributed by atoms with Crippen LogP contribution in [-0.4, -0.2) is 96.0 Å². The van der Waals surface area contributed by atoms with E-state index in [4.69, 9.17) is 14.5 Å². The summed E-state index contributed by atoms with van der Waals surface area (Å²) in [7, 11) is 1.59.